The highest BCUT2D eigenvalue weighted by molar-refractivity contribution is 9.10. The van der Waals surface area contributed by atoms with Gasteiger partial charge in [0.15, 0.2) is 0 Å². The Hall–Kier alpha value is -3.34. The van der Waals surface area contributed by atoms with E-state index < -0.39 is 0 Å². The van der Waals surface area contributed by atoms with E-state index in [1.165, 1.54) is 16.8 Å². The van der Waals surface area contributed by atoms with E-state index in [1.807, 2.05) is 48.7 Å². The minimum Gasteiger partial charge on any atom is -0.488 e. The molecule has 0 saturated carbocycles. The van der Waals surface area contributed by atoms with Crippen molar-refractivity contribution in [3.63, 3.8) is 0 Å². The normalized spacial score (nSPS) is 19.9. The number of anilines is 1. The van der Waals surface area contributed by atoms with Gasteiger partial charge < -0.3 is 10.1 Å². The SMILES string of the molecule is Clc1ccccc1COc1ccc(Br)cc1C=Nc1ccc([C@@H]2Nc3ccccc3[C@H]3C=CC[C@H]32)cc1. The maximum absolute atomic E-state index is 6.30. The van der Waals surface area contributed by atoms with Gasteiger partial charge in [-0.15, -0.1) is 0 Å². The molecular weight excluding hydrogens is 544 g/mol. The Morgan fingerprint density at radius 3 is 2.65 bits per heavy atom. The van der Waals surface area contributed by atoms with Gasteiger partial charge in [0, 0.05) is 38.4 Å². The summed E-state index contributed by atoms with van der Waals surface area (Å²) < 4.78 is 7.07. The summed E-state index contributed by atoms with van der Waals surface area (Å²) in [6.07, 6.45) is 7.65. The number of rotatable bonds is 6. The first-order valence-electron chi connectivity index (χ1n) is 12.5. The highest BCUT2D eigenvalue weighted by atomic mass is 79.9. The van der Waals surface area contributed by atoms with Gasteiger partial charge in [-0.2, -0.15) is 0 Å². The van der Waals surface area contributed by atoms with Gasteiger partial charge in [0.1, 0.15) is 12.4 Å². The van der Waals surface area contributed by atoms with E-state index in [1.54, 1.807) is 0 Å². The summed E-state index contributed by atoms with van der Waals surface area (Å²) in [4.78, 5) is 4.75. The lowest BCUT2D eigenvalue weighted by molar-refractivity contribution is 0.306. The average molecular weight is 570 g/mol. The van der Waals surface area contributed by atoms with E-state index in [0.29, 0.717) is 23.5 Å². The standard InChI is InChI=1S/C32H26BrClN2O/c33-24-14-17-31(37-20-22-6-1-3-10-29(22)34)23(18-24)19-35-25-15-12-21(13-16-25)32-28-9-5-8-26(28)27-7-2-4-11-30(27)36-32/h1-8,10-19,26,28,32,36H,9,20H2/t26-,28-,32+/m1/s1. The smallest absolute Gasteiger partial charge is 0.128 e. The number of fused-ring (bicyclic) bond motifs is 3. The molecule has 0 aromatic heterocycles. The molecule has 184 valence electrons. The van der Waals surface area contributed by atoms with E-state index in [-0.39, 0.29) is 6.04 Å². The lowest BCUT2D eigenvalue weighted by Crippen LogP contribution is -2.28. The van der Waals surface area contributed by atoms with Crippen LogP contribution in [0.1, 0.15) is 40.6 Å². The minimum atomic E-state index is 0.280. The Bertz CT molecular complexity index is 1480. The molecule has 1 heterocycles. The molecule has 3 nitrogen and oxygen atoms in total. The van der Waals surface area contributed by atoms with Gasteiger partial charge in [-0.05, 0) is 65.9 Å². The number of allylic oxidation sites excluding steroid dienone is 2. The van der Waals surface area contributed by atoms with Gasteiger partial charge in [0.25, 0.3) is 0 Å². The van der Waals surface area contributed by atoms with Crippen LogP contribution in [-0.2, 0) is 6.61 Å². The number of para-hydroxylation sites is 1. The molecule has 4 aromatic rings. The van der Waals surface area contributed by atoms with Crippen LogP contribution in [-0.4, -0.2) is 6.21 Å². The zero-order valence-electron chi connectivity index (χ0n) is 20.1. The first kappa shape index (κ1) is 24.0. The molecule has 1 N–H and O–H groups in total. The monoisotopic (exact) mass is 568 g/mol. The molecule has 0 saturated heterocycles. The molecular formula is C32H26BrClN2O. The maximum Gasteiger partial charge on any atom is 0.128 e. The lowest BCUT2D eigenvalue weighted by Gasteiger charge is -2.37. The topological polar surface area (TPSA) is 33.6 Å². The molecule has 5 heteroatoms. The second-order valence-corrected chi connectivity index (χ2v) is 10.8. The first-order valence-corrected chi connectivity index (χ1v) is 13.6. The zero-order valence-corrected chi connectivity index (χ0v) is 22.5. The van der Waals surface area contributed by atoms with E-state index in [2.05, 4.69) is 81.9 Å². The van der Waals surface area contributed by atoms with Crippen LogP contribution in [0.15, 0.2) is 113 Å². The van der Waals surface area contributed by atoms with Crippen LogP contribution in [0.3, 0.4) is 0 Å². The Kier molecular flexibility index (Phi) is 6.86. The van der Waals surface area contributed by atoms with Gasteiger partial charge in [0.2, 0.25) is 0 Å². The van der Waals surface area contributed by atoms with Gasteiger partial charge >= 0.3 is 0 Å². The molecule has 1 aliphatic heterocycles. The quantitative estimate of drug-likeness (QED) is 0.185. The van der Waals surface area contributed by atoms with Gasteiger partial charge in [-0.3, -0.25) is 4.99 Å². The second-order valence-electron chi connectivity index (χ2n) is 9.47. The third-order valence-corrected chi connectivity index (χ3v) is 8.05. The number of aliphatic imine (C=N–C) groups is 1. The van der Waals surface area contributed by atoms with Crippen molar-refractivity contribution < 1.29 is 4.74 Å². The van der Waals surface area contributed by atoms with Crippen LogP contribution < -0.4 is 10.1 Å². The molecule has 3 atom stereocenters. The molecule has 0 radical (unpaired) electrons. The number of ether oxygens (including phenoxy) is 1. The van der Waals surface area contributed by atoms with Crippen LogP contribution in [0.5, 0.6) is 5.75 Å². The summed E-state index contributed by atoms with van der Waals surface area (Å²) in [6, 6.07) is 31.2. The third kappa shape index (κ3) is 5.09. The molecule has 0 amide bonds. The number of hydrogen-bond acceptors (Lipinski definition) is 3. The molecule has 0 bridgehead atoms. The average Bonchev–Trinajstić information content (AvgIpc) is 3.43. The first-order chi connectivity index (χ1) is 18.2. The van der Waals surface area contributed by atoms with Gasteiger partial charge in [-0.1, -0.05) is 88.2 Å². The zero-order chi connectivity index (χ0) is 25.2. The van der Waals surface area contributed by atoms with E-state index in [0.717, 1.165) is 33.5 Å². The molecule has 2 aliphatic rings. The third-order valence-electron chi connectivity index (χ3n) is 7.19. The molecule has 6 rings (SSSR count). The van der Waals surface area contributed by atoms with E-state index in [4.69, 9.17) is 21.3 Å². The fourth-order valence-corrected chi connectivity index (χ4v) is 5.88. The highest BCUT2D eigenvalue weighted by Crippen LogP contribution is 2.49. The van der Waals surface area contributed by atoms with Crippen molar-refractivity contribution in [2.75, 3.05) is 5.32 Å². The number of benzene rings is 4. The second kappa shape index (κ2) is 10.6. The Labute approximate surface area is 231 Å². The van der Waals surface area contributed by atoms with Crippen molar-refractivity contribution >= 4 is 45.1 Å². The van der Waals surface area contributed by atoms with Crippen molar-refractivity contribution in [1.82, 2.24) is 0 Å². The van der Waals surface area contributed by atoms with Crippen LogP contribution in [0.4, 0.5) is 11.4 Å². The molecule has 1 aliphatic carbocycles. The molecule has 37 heavy (non-hydrogen) atoms. The molecule has 0 unspecified atom stereocenters. The van der Waals surface area contributed by atoms with E-state index in [9.17, 15) is 0 Å². The van der Waals surface area contributed by atoms with Crippen LogP contribution in [0.25, 0.3) is 0 Å². The molecule has 0 fully saturated rings. The van der Waals surface area contributed by atoms with Crippen molar-refractivity contribution in [2.24, 2.45) is 10.9 Å². The minimum absolute atomic E-state index is 0.280. The summed E-state index contributed by atoms with van der Waals surface area (Å²) in [5.41, 5.74) is 6.68. The summed E-state index contributed by atoms with van der Waals surface area (Å²) in [5.74, 6) is 1.76. The van der Waals surface area contributed by atoms with Gasteiger partial charge in [0.05, 0.1) is 11.7 Å². The number of nitrogens with one attached hydrogen (secondary N) is 1. The van der Waals surface area contributed by atoms with Crippen LogP contribution >= 0.6 is 27.5 Å². The summed E-state index contributed by atoms with van der Waals surface area (Å²) in [6.45, 7) is 0.394. The fraction of sp³-hybridized carbons (Fsp3) is 0.156. The van der Waals surface area contributed by atoms with Gasteiger partial charge in [-0.25, -0.2) is 0 Å². The highest BCUT2D eigenvalue weighted by Gasteiger charge is 2.37. The van der Waals surface area contributed by atoms with Crippen molar-refractivity contribution in [2.45, 2.75) is 25.0 Å². The Morgan fingerprint density at radius 2 is 1.78 bits per heavy atom. The van der Waals surface area contributed by atoms with Crippen molar-refractivity contribution in [1.29, 1.82) is 0 Å². The maximum atomic E-state index is 6.30. The fourth-order valence-electron chi connectivity index (χ4n) is 5.31. The molecule has 0 spiro atoms. The predicted octanol–water partition coefficient (Wildman–Crippen LogP) is 9.26. The van der Waals surface area contributed by atoms with Crippen LogP contribution in [0.2, 0.25) is 5.02 Å². The summed E-state index contributed by atoms with van der Waals surface area (Å²) in [7, 11) is 0. The van der Waals surface area contributed by atoms with Crippen molar-refractivity contribution in [3.8, 4) is 5.75 Å². The largest absolute Gasteiger partial charge is 0.488 e. The Balaban J connectivity index is 1.19. The lowest BCUT2D eigenvalue weighted by atomic mass is 9.77. The number of halogens is 2. The predicted molar refractivity (Wildman–Crippen MR) is 156 cm³/mol. The van der Waals surface area contributed by atoms with E-state index >= 15 is 0 Å². The van der Waals surface area contributed by atoms with Crippen LogP contribution in [0, 0.1) is 5.92 Å². The number of nitrogens with zero attached hydrogens (tertiary/aromatic N) is 1. The Morgan fingerprint density at radius 1 is 0.973 bits per heavy atom. The summed E-state index contributed by atoms with van der Waals surface area (Å²) in [5, 5.41) is 4.50. The summed E-state index contributed by atoms with van der Waals surface area (Å²) >= 11 is 9.87. The molecule has 4 aromatic carbocycles. The van der Waals surface area contributed by atoms with Crippen molar-refractivity contribution in [3.05, 3.63) is 135 Å². The number of hydrogen-bond donors (Lipinski definition) is 1.